The van der Waals surface area contributed by atoms with Crippen molar-refractivity contribution in [1.29, 1.82) is 0 Å². The molecule has 0 fully saturated rings. The number of hydrogen-bond donors (Lipinski definition) is 0. The highest BCUT2D eigenvalue weighted by atomic mass is 32.2. The van der Waals surface area contributed by atoms with Gasteiger partial charge in [0.15, 0.2) is 9.84 Å². The molecule has 1 aromatic rings. The quantitative estimate of drug-likeness (QED) is 0.725. The first-order valence-corrected chi connectivity index (χ1v) is 5.83. The molecule has 0 radical (unpaired) electrons. The van der Waals surface area contributed by atoms with Crippen LogP contribution in [0.2, 0.25) is 0 Å². The van der Waals surface area contributed by atoms with Gasteiger partial charge in [-0.15, -0.1) is 0 Å². The zero-order valence-electron chi connectivity index (χ0n) is 7.69. The van der Waals surface area contributed by atoms with Gasteiger partial charge in [0.25, 0.3) is 0 Å². The summed E-state index contributed by atoms with van der Waals surface area (Å²) in [5.41, 5.74) is 0.908. The van der Waals surface area contributed by atoms with Crippen LogP contribution >= 0.6 is 0 Å². The molecule has 2 nitrogen and oxygen atoms in total. The summed E-state index contributed by atoms with van der Waals surface area (Å²) in [5.74, 6) is 0. The Morgan fingerprint density at radius 1 is 1.23 bits per heavy atom. The second-order valence-corrected chi connectivity index (χ2v) is 5.13. The van der Waals surface area contributed by atoms with E-state index >= 15 is 0 Å². The Morgan fingerprint density at radius 3 is 2.23 bits per heavy atom. The van der Waals surface area contributed by atoms with Gasteiger partial charge in [-0.1, -0.05) is 30.3 Å². The van der Waals surface area contributed by atoms with E-state index in [0.29, 0.717) is 4.91 Å². The molecule has 0 unspecified atom stereocenters. The van der Waals surface area contributed by atoms with Crippen LogP contribution in [0.4, 0.5) is 0 Å². The maximum Gasteiger partial charge on any atom is 0.171 e. The average molecular weight is 196 g/mol. The second-order valence-electron chi connectivity index (χ2n) is 2.94. The zero-order chi connectivity index (χ0) is 9.90. The SMILES string of the molecule is CC(=Cc1ccccc1)S(C)(=O)=O. The molecule has 0 aromatic heterocycles. The Morgan fingerprint density at radius 2 is 1.77 bits per heavy atom. The second kappa shape index (κ2) is 3.75. The van der Waals surface area contributed by atoms with E-state index in [2.05, 4.69) is 0 Å². The minimum absolute atomic E-state index is 0.388. The van der Waals surface area contributed by atoms with Crippen LogP contribution in [-0.2, 0) is 9.84 Å². The summed E-state index contributed by atoms with van der Waals surface area (Å²) in [6.07, 6.45) is 2.87. The van der Waals surface area contributed by atoms with Crippen molar-refractivity contribution in [3.8, 4) is 0 Å². The average Bonchev–Trinajstić information content (AvgIpc) is 2.04. The van der Waals surface area contributed by atoms with E-state index in [1.54, 1.807) is 13.0 Å². The van der Waals surface area contributed by atoms with E-state index < -0.39 is 9.84 Å². The molecule has 70 valence electrons. The normalized spacial score (nSPS) is 12.9. The molecule has 1 rings (SSSR count). The van der Waals surface area contributed by atoms with Crippen LogP contribution in [0, 0.1) is 0 Å². The van der Waals surface area contributed by atoms with Gasteiger partial charge in [-0.25, -0.2) is 8.42 Å². The van der Waals surface area contributed by atoms with Gasteiger partial charge in [-0.3, -0.25) is 0 Å². The summed E-state index contributed by atoms with van der Waals surface area (Å²) in [4.78, 5) is 0.388. The van der Waals surface area contributed by atoms with Crippen LogP contribution in [-0.4, -0.2) is 14.7 Å². The van der Waals surface area contributed by atoms with Gasteiger partial charge >= 0.3 is 0 Å². The monoisotopic (exact) mass is 196 g/mol. The molecule has 0 heterocycles. The van der Waals surface area contributed by atoms with Gasteiger partial charge in [-0.2, -0.15) is 0 Å². The lowest BCUT2D eigenvalue weighted by Gasteiger charge is -1.97. The Bertz CT molecular complexity index is 402. The highest BCUT2D eigenvalue weighted by molar-refractivity contribution is 7.94. The van der Waals surface area contributed by atoms with Crippen LogP contribution in [0.25, 0.3) is 6.08 Å². The predicted octanol–water partition coefficient (Wildman–Crippen LogP) is 2.09. The molecule has 0 amide bonds. The highest BCUT2D eigenvalue weighted by Gasteiger charge is 2.03. The van der Waals surface area contributed by atoms with Gasteiger partial charge in [0, 0.05) is 11.2 Å². The lowest BCUT2D eigenvalue weighted by Crippen LogP contribution is -1.96. The third kappa shape index (κ3) is 3.03. The van der Waals surface area contributed by atoms with E-state index in [1.807, 2.05) is 30.3 Å². The zero-order valence-corrected chi connectivity index (χ0v) is 8.51. The first-order chi connectivity index (χ1) is 6.00. The van der Waals surface area contributed by atoms with Crippen LogP contribution < -0.4 is 0 Å². The third-order valence-corrected chi connectivity index (χ3v) is 3.04. The predicted molar refractivity (Wildman–Crippen MR) is 54.9 cm³/mol. The molecule has 0 aliphatic carbocycles. The number of sulfone groups is 1. The number of hydrogen-bond acceptors (Lipinski definition) is 2. The fourth-order valence-electron chi connectivity index (χ4n) is 0.891. The van der Waals surface area contributed by atoms with Crippen molar-refractivity contribution in [1.82, 2.24) is 0 Å². The molecule has 0 saturated carbocycles. The van der Waals surface area contributed by atoms with Crippen LogP contribution in [0.1, 0.15) is 12.5 Å². The summed E-state index contributed by atoms with van der Waals surface area (Å²) in [5, 5.41) is 0. The van der Waals surface area contributed by atoms with E-state index in [0.717, 1.165) is 5.56 Å². The summed E-state index contributed by atoms with van der Waals surface area (Å²) in [7, 11) is -3.04. The molecular weight excluding hydrogens is 184 g/mol. The van der Waals surface area contributed by atoms with Crippen LogP contribution in [0.15, 0.2) is 35.2 Å². The molecular formula is C10H12O2S. The van der Waals surface area contributed by atoms with Gasteiger partial charge < -0.3 is 0 Å². The van der Waals surface area contributed by atoms with E-state index in [4.69, 9.17) is 0 Å². The summed E-state index contributed by atoms with van der Waals surface area (Å²) < 4.78 is 22.1. The third-order valence-electron chi connectivity index (χ3n) is 1.75. The van der Waals surface area contributed by atoms with E-state index in [1.165, 1.54) is 6.26 Å². The van der Waals surface area contributed by atoms with Crippen molar-refractivity contribution >= 4 is 15.9 Å². The molecule has 0 spiro atoms. The molecule has 0 saturated heterocycles. The first-order valence-electron chi connectivity index (χ1n) is 3.93. The van der Waals surface area contributed by atoms with Crippen LogP contribution in [0.3, 0.4) is 0 Å². The molecule has 0 bridgehead atoms. The Balaban J connectivity index is 3.04. The van der Waals surface area contributed by atoms with Crippen molar-refractivity contribution in [2.45, 2.75) is 6.92 Å². The molecule has 0 aliphatic heterocycles. The molecule has 1 aromatic carbocycles. The fraction of sp³-hybridized carbons (Fsp3) is 0.200. The largest absolute Gasteiger partial charge is 0.224 e. The maximum absolute atomic E-state index is 11.1. The summed E-state index contributed by atoms with van der Waals surface area (Å²) >= 11 is 0. The molecule has 0 N–H and O–H groups in total. The Labute approximate surface area is 78.8 Å². The summed E-state index contributed by atoms with van der Waals surface area (Å²) in [6.45, 7) is 1.60. The Hall–Kier alpha value is -1.09. The highest BCUT2D eigenvalue weighted by Crippen LogP contribution is 2.09. The maximum atomic E-state index is 11.1. The fourth-order valence-corrected chi connectivity index (χ4v) is 1.24. The van der Waals surface area contributed by atoms with Crippen molar-refractivity contribution < 1.29 is 8.42 Å². The minimum Gasteiger partial charge on any atom is -0.224 e. The van der Waals surface area contributed by atoms with Gasteiger partial charge in [0.1, 0.15) is 0 Å². The van der Waals surface area contributed by atoms with Crippen molar-refractivity contribution in [2.24, 2.45) is 0 Å². The number of benzene rings is 1. The lowest BCUT2D eigenvalue weighted by atomic mass is 10.2. The van der Waals surface area contributed by atoms with E-state index in [9.17, 15) is 8.42 Å². The van der Waals surface area contributed by atoms with Crippen LogP contribution in [0.5, 0.6) is 0 Å². The van der Waals surface area contributed by atoms with E-state index in [-0.39, 0.29) is 0 Å². The molecule has 0 atom stereocenters. The molecule has 3 heteroatoms. The van der Waals surface area contributed by atoms with Gasteiger partial charge in [0.2, 0.25) is 0 Å². The number of rotatable bonds is 2. The molecule has 13 heavy (non-hydrogen) atoms. The topological polar surface area (TPSA) is 34.1 Å². The lowest BCUT2D eigenvalue weighted by molar-refractivity contribution is 0.608. The molecule has 0 aliphatic rings. The standard InChI is InChI=1S/C10H12O2S/c1-9(13(2,11)12)8-10-6-4-3-5-7-10/h3-8H,1-2H3. The van der Waals surface area contributed by atoms with Crippen molar-refractivity contribution in [3.63, 3.8) is 0 Å². The smallest absolute Gasteiger partial charge is 0.171 e. The van der Waals surface area contributed by atoms with Crippen molar-refractivity contribution in [3.05, 3.63) is 40.8 Å². The first kappa shape index (κ1) is 9.99. The summed E-state index contributed by atoms with van der Waals surface area (Å²) in [6, 6.07) is 9.39. The number of allylic oxidation sites excluding steroid dienone is 1. The van der Waals surface area contributed by atoms with Gasteiger partial charge in [-0.05, 0) is 18.6 Å². The minimum atomic E-state index is -3.04. The Kier molecular flexibility index (Phi) is 2.88. The van der Waals surface area contributed by atoms with Crippen molar-refractivity contribution in [2.75, 3.05) is 6.26 Å². The van der Waals surface area contributed by atoms with Gasteiger partial charge in [0.05, 0.1) is 0 Å².